The van der Waals surface area contributed by atoms with E-state index in [-0.39, 0.29) is 0 Å². The van der Waals surface area contributed by atoms with Crippen LogP contribution >= 0.6 is 15.9 Å². The Bertz CT molecular complexity index is 413. The molecule has 1 aromatic carbocycles. The molecule has 0 saturated heterocycles. The fourth-order valence-electron chi connectivity index (χ4n) is 1.61. The van der Waals surface area contributed by atoms with Gasteiger partial charge in [0.25, 0.3) is 0 Å². The number of carboxylic acids is 1. The molecule has 17 heavy (non-hydrogen) atoms. The van der Waals surface area contributed by atoms with Gasteiger partial charge in [-0.25, -0.2) is 0 Å². The van der Waals surface area contributed by atoms with Gasteiger partial charge in [0.1, 0.15) is 0 Å². The molecule has 0 aliphatic carbocycles. The molecule has 0 spiro atoms. The molecule has 0 heterocycles. The predicted molar refractivity (Wildman–Crippen MR) is 70.0 cm³/mol. The lowest BCUT2D eigenvalue weighted by Crippen LogP contribution is -2.26. The van der Waals surface area contributed by atoms with Crippen LogP contribution in [-0.2, 0) is 22.6 Å². The lowest BCUT2D eigenvalue weighted by Gasteiger charge is -2.21. The predicted octanol–water partition coefficient (Wildman–Crippen LogP) is 3.25. The Morgan fingerprint density at radius 3 is 2.59 bits per heavy atom. The van der Waals surface area contributed by atoms with Crippen LogP contribution < -0.4 is 0 Å². The number of hydrogen-bond acceptors (Lipinski definition) is 2. The minimum atomic E-state index is -0.788. The van der Waals surface area contributed by atoms with Crippen LogP contribution in [0.1, 0.15) is 25.0 Å². The third kappa shape index (κ3) is 3.82. The van der Waals surface area contributed by atoms with E-state index >= 15 is 0 Å². The molecule has 1 rings (SSSR count). The van der Waals surface area contributed by atoms with Gasteiger partial charge in [-0.3, -0.25) is 4.79 Å². The maximum absolute atomic E-state index is 11.1. The first-order chi connectivity index (χ1) is 7.86. The third-order valence-electron chi connectivity index (χ3n) is 2.68. The summed E-state index contributed by atoms with van der Waals surface area (Å²) < 4.78 is 6.10. The van der Waals surface area contributed by atoms with E-state index in [1.807, 2.05) is 18.2 Å². The van der Waals surface area contributed by atoms with E-state index in [2.05, 4.69) is 15.9 Å². The van der Waals surface area contributed by atoms with Crippen molar-refractivity contribution >= 4 is 21.9 Å². The fourth-order valence-corrected chi connectivity index (χ4v) is 2.02. The maximum atomic E-state index is 11.1. The molecule has 1 aromatic rings. The van der Waals surface area contributed by atoms with Crippen LogP contribution in [0, 0.1) is 5.41 Å². The number of carbonyl (C=O) groups is 1. The SMILES string of the molecule is COCc1cc(Br)ccc1CC(C)(C)C(=O)O. The molecule has 0 atom stereocenters. The molecule has 0 fully saturated rings. The Balaban J connectivity index is 3.01. The van der Waals surface area contributed by atoms with Gasteiger partial charge < -0.3 is 9.84 Å². The molecule has 3 nitrogen and oxygen atoms in total. The molecule has 0 aliphatic heterocycles. The summed E-state index contributed by atoms with van der Waals surface area (Å²) in [5.41, 5.74) is 1.27. The minimum Gasteiger partial charge on any atom is -0.481 e. The van der Waals surface area contributed by atoms with E-state index in [0.717, 1.165) is 15.6 Å². The Morgan fingerprint density at radius 2 is 2.06 bits per heavy atom. The van der Waals surface area contributed by atoms with Crippen LogP contribution in [0.4, 0.5) is 0 Å². The van der Waals surface area contributed by atoms with Gasteiger partial charge in [-0.1, -0.05) is 22.0 Å². The van der Waals surface area contributed by atoms with E-state index in [9.17, 15) is 4.79 Å². The topological polar surface area (TPSA) is 46.5 Å². The van der Waals surface area contributed by atoms with E-state index in [1.54, 1.807) is 21.0 Å². The van der Waals surface area contributed by atoms with Gasteiger partial charge in [0.05, 0.1) is 12.0 Å². The highest BCUT2D eigenvalue weighted by Crippen LogP contribution is 2.26. The average molecular weight is 301 g/mol. The summed E-state index contributed by atoms with van der Waals surface area (Å²) in [7, 11) is 1.63. The van der Waals surface area contributed by atoms with Gasteiger partial charge in [0, 0.05) is 11.6 Å². The second kappa shape index (κ2) is 5.65. The third-order valence-corrected chi connectivity index (χ3v) is 3.17. The molecule has 94 valence electrons. The van der Waals surface area contributed by atoms with Crippen molar-refractivity contribution in [2.45, 2.75) is 26.9 Å². The van der Waals surface area contributed by atoms with Gasteiger partial charge in [0.15, 0.2) is 0 Å². The van der Waals surface area contributed by atoms with E-state index in [1.165, 1.54) is 0 Å². The monoisotopic (exact) mass is 300 g/mol. The Kier molecular flexibility index (Phi) is 4.71. The lowest BCUT2D eigenvalue weighted by atomic mass is 9.84. The fraction of sp³-hybridized carbons (Fsp3) is 0.462. The van der Waals surface area contributed by atoms with Crippen molar-refractivity contribution in [1.82, 2.24) is 0 Å². The first-order valence-corrected chi connectivity index (χ1v) is 6.16. The van der Waals surface area contributed by atoms with Crippen LogP contribution in [0.5, 0.6) is 0 Å². The molecule has 0 bridgehead atoms. The molecule has 0 saturated carbocycles. The largest absolute Gasteiger partial charge is 0.481 e. The first kappa shape index (κ1) is 14.2. The van der Waals surface area contributed by atoms with Crippen LogP contribution in [0.15, 0.2) is 22.7 Å². The highest BCUT2D eigenvalue weighted by molar-refractivity contribution is 9.10. The van der Waals surface area contributed by atoms with Crippen molar-refractivity contribution in [3.63, 3.8) is 0 Å². The van der Waals surface area contributed by atoms with Crippen molar-refractivity contribution in [2.24, 2.45) is 5.41 Å². The number of rotatable bonds is 5. The van der Waals surface area contributed by atoms with Crippen LogP contribution in [0.25, 0.3) is 0 Å². The number of hydrogen-bond donors (Lipinski definition) is 1. The summed E-state index contributed by atoms with van der Waals surface area (Å²) in [6, 6.07) is 5.84. The highest BCUT2D eigenvalue weighted by Gasteiger charge is 2.28. The highest BCUT2D eigenvalue weighted by atomic mass is 79.9. The quantitative estimate of drug-likeness (QED) is 0.908. The first-order valence-electron chi connectivity index (χ1n) is 5.36. The summed E-state index contributed by atoms with van der Waals surface area (Å²) in [5, 5.41) is 9.14. The zero-order valence-electron chi connectivity index (χ0n) is 10.3. The number of benzene rings is 1. The summed E-state index contributed by atoms with van der Waals surface area (Å²) in [6.45, 7) is 3.95. The van der Waals surface area contributed by atoms with Gasteiger partial charge in [-0.15, -0.1) is 0 Å². The molecule has 1 N–H and O–H groups in total. The molecular formula is C13H17BrO3. The Morgan fingerprint density at radius 1 is 1.41 bits per heavy atom. The van der Waals surface area contributed by atoms with Crippen LogP contribution in [-0.4, -0.2) is 18.2 Å². The summed E-state index contributed by atoms with van der Waals surface area (Å²) in [5.74, 6) is -0.788. The molecule has 0 aromatic heterocycles. The van der Waals surface area contributed by atoms with Crippen molar-refractivity contribution < 1.29 is 14.6 Å². The average Bonchev–Trinajstić information content (AvgIpc) is 2.22. The summed E-state index contributed by atoms with van der Waals surface area (Å²) in [6.07, 6.45) is 0.494. The summed E-state index contributed by atoms with van der Waals surface area (Å²) >= 11 is 3.40. The number of ether oxygens (including phenoxy) is 1. The van der Waals surface area contributed by atoms with Crippen molar-refractivity contribution in [3.8, 4) is 0 Å². The number of carboxylic acid groups (broad SMARTS) is 1. The summed E-state index contributed by atoms with van der Waals surface area (Å²) in [4.78, 5) is 11.1. The normalized spacial score (nSPS) is 11.5. The second-order valence-corrected chi connectivity index (χ2v) is 5.63. The number of halogens is 1. The smallest absolute Gasteiger partial charge is 0.309 e. The molecule has 0 radical (unpaired) electrons. The molecule has 4 heteroatoms. The van der Waals surface area contributed by atoms with E-state index in [0.29, 0.717) is 13.0 Å². The van der Waals surface area contributed by atoms with Crippen LogP contribution in [0.2, 0.25) is 0 Å². The minimum absolute atomic E-state index is 0.491. The van der Waals surface area contributed by atoms with Crippen molar-refractivity contribution in [3.05, 3.63) is 33.8 Å². The Hall–Kier alpha value is -0.870. The van der Waals surface area contributed by atoms with Gasteiger partial charge in [0.2, 0.25) is 0 Å². The van der Waals surface area contributed by atoms with E-state index < -0.39 is 11.4 Å². The van der Waals surface area contributed by atoms with E-state index in [4.69, 9.17) is 9.84 Å². The van der Waals surface area contributed by atoms with Gasteiger partial charge >= 0.3 is 5.97 Å². The lowest BCUT2D eigenvalue weighted by molar-refractivity contribution is -0.146. The Labute approximate surface area is 110 Å². The van der Waals surface area contributed by atoms with Crippen molar-refractivity contribution in [2.75, 3.05) is 7.11 Å². The van der Waals surface area contributed by atoms with Gasteiger partial charge in [-0.05, 0) is 43.5 Å². The zero-order chi connectivity index (χ0) is 13.1. The molecule has 0 aliphatic rings. The standard InChI is InChI=1S/C13H17BrO3/c1-13(2,12(15)16)7-9-4-5-11(14)6-10(9)8-17-3/h4-6H,7-8H2,1-3H3,(H,15,16). The van der Waals surface area contributed by atoms with Crippen molar-refractivity contribution in [1.29, 1.82) is 0 Å². The maximum Gasteiger partial charge on any atom is 0.309 e. The second-order valence-electron chi connectivity index (χ2n) is 4.71. The zero-order valence-corrected chi connectivity index (χ0v) is 11.9. The number of aliphatic carboxylic acids is 1. The van der Waals surface area contributed by atoms with Crippen LogP contribution in [0.3, 0.4) is 0 Å². The van der Waals surface area contributed by atoms with Gasteiger partial charge in [-0.2, -0.15) is 0 Å². The number of methoxy groups -OCH3 is 1. The molecular weight excluding hydrogens is 284 g/mol. The molecule has 0 unspecified atom stereocenters. The molecule has 0 amide bonds.